The van der Waals surface area contributed by atoms with Crippen molar-refractivity contribution in [2.75, 3.05) is 37.6 Å². The summed E-state index contributed by atoms with van der Waals surface area (Å²) in [6.45, 7) is 6.03. The number of anilines is 1. The predicted octanol–water partition coefficient (Wildman–Crippen LogP) is 3.11. The molecule has 0 unspecified atom stereocenters. The van der Waals surface area contributed by atoms with Gasteiger partial charge in [-0.25, -0.2) is 0 Å². The third-order valence-electron chi connectivity index (χ3n) is 3.71. The minimum atomic E-state index is -4.49. The molecule has 0 aromatic heterocycles. The second-order valence-corrected chi connectivity index (χ2v) is 5.14. The smallest absolute Gasteiger partial charge is 0.368 e. The number of alkyl halides is 3. The quantitative estimate of drug-likeness (QED) is 0.859. The molecule has 3 nitrogen and oxygen atoms in total. The van der Waals surface area contributed by atoms with Crippen molar-refractivity contribution < 1.29 is 13.2 Å². The van der Waals surface area contributed by atoms with Crippen LogP contribution in [0, 0.1) is 11.3 Å². The molecular weight excluding hydrogens is 279 g/mol. The summed E-state index contributed by atoms with van der Waals surface area (Å²) < 4.78 is 38.9. The van der Waals surface area contributed by atoms with Crippen molar-refractivity contribution in [3.05, 3.63) is 29.3 Å². The fourth-order valence-corrected chi connectivity index (χ4v) is 2.69. The summed E-state index contributed by atoms with van der Waals surface area (Å²) in [6, 6.07) is 5.67. The first kappa shape index (κ1) is 15.6. The number of halogens is 3. The van der Waals surface area contributed by atoms with Crippen molar-refractivity contribution in [1.29, 1.82) is 5.26 Å². The van der Waals surface area contributed by atoms with E-state index in [1.54, 1.807) is 12.1 Å². The number of hydrogen-bond acceptors (Lipinski definition) is 3. The minimum Gasteiger partial charge on any atom is -0.368 e. The molecule has 1 fully saturated rings. The highest BCUT2D eigenvalue weighted by Gasteiger charge is 2.35. The Labute approximate surface area is 122 Å². The second-order valence-electron chi connectivity index (χ2n) is 5.14. The first-order valence-corrected chi connectivity index (χ1v) is 7.05. The largest absolute Gasteiger partial charge is 0.417 e. The van der Waals surface area contributed by atoms with E-state index >= 15 is 0 Å². The fourth-order valence-electron chi connectivity index (χ4n) is 2.69. The molecule has 0 amide bonds. The first-order valence-electron chi connectivity index (χ1n) is 7.05. The number of rotatable bonds is 3. The van der Waals surface area contributed by atoms with Crippen LogP contribution in [0.4, 0.5) is 18.9 Å². The van der Waals surface area contributed by atoms with E-state index in [9.17, 15) is 13.2 Å². The molecular formula is C15H18F3N3. The van der Waals surface area contributed by atoms with Crippen LogP contribution in [0.1, 0.15) is 24.5 Å². The van der Waals surface area contributed by atoms with E-state index in [-0.39, 0.29) is 5.56 Å². The van der Waals surface area contributed by atoms with Crippen LogP contribution >= 0.6 is 0 Å². The summed E-state index contributed by atoms with van der Waals surface area (Å²) in [4.78, 5) is 4.16. The van der Waals surface area contributed by atoms with Gasteiger partial charge in [0.2, 0.25) is 0 Å². The maximum Gasteiger partial charge on any atom is 0.417 e. The number of hydrogen-bond donors (Lipinski definition) is 0. The van der Waals surface area contributed by atoms with E-state index in [1.165, 1.54) is 6.07 Å². The molecule has 1 aromatic carbocycles. The van der Waals surface area contributed by atoms with Crippen molar-refractivity contribution in [3.63, 3.8) is 0 Å². The van der Waals surface area contributed by atoms with Crippen LogP contribution in [0.5, 0.6) is 0 Å². The SMILES string of the molecule is CCCN1CCN(c2cccc(C(F)(F)F)c2C#N)CC1. The Morgan fingerprint density at radius 2 is 1.86 bits per heavy atom. The summed E-state index contributed by atoms with van der Waals surface area (Å²) in [5.74, 6) is 0. The molecule has 0 saturated carbocycles. The lowest BCUT2D eigenvalue weighted by molar-refractivity contribution is -0.137. The average Bonchev–Trinajstić information content (AvgIpc) is 2.46. The molecule has 0 atom stereocenters. The van der Waals surface area contributed by atoms with E-state index in [2.05, 4.69) is 11.8 Å². The molecule has 6 heteroatoms. The summed E-state index contributed by atoms with van der Waals surface area (Å²) in [7, 11) is 0. The Balaban J connectivity index is 2.24. The standard InChI is InChI=1S/C15H18F3N3/c1-2-6-20-7-9-21(10-8-20)14-5-3-4-13(12(14)11-19)15(16,17)18/h3-5H,2,6-10H2,1H3. The lowest BCUT2D eigenvalue weighted by Crippen LogP contribution is -2.46. The predicted molar refractivity (Wildman–Crippen MR) is 75.1 cm³/mol. The van der Waals surface area contributed by atoms with Gasteiger partial charge in [-0.2, -0.15) is 18.4 Å². The highest BCUT2D eigenvalue weighted by Crippen LogP contribution is 2.36. The molecule has 0 bridgehead atoms. The third-order valence-corrected chi connectivity index (χ3v) is 3.71. The van der Waals surface area contributed by atoms with E-state index in [1.807, 2.05) is 4.90 Å². The zero-order valence-electron chi connectivity index (χ0n) is 12.0. The molecule has 1 aromatic rings. The van der Waals surface area contributed by atoms with Crippen LogP contribution in [0.25, 0.3) is 0 Å². The molecule has 1 aliphatic rings. The Kier molecular flexibility index (Phi) is 4.73. The summed E-state index contributed by atoms with van der Waals surface area (Å²) in [5.41, 5.74) is -0.726. The van der Waals surface area contributed by atoms with E-state index in [4.69, 9.17) is 5.26 Å². The van der Waals surface area contributed by atoms with Gasteiger partial charge in [-0.3, -0.25) is 4.90 Å². The average molecular weight is 297 g/mol. The molecule has 0 aliphatic carbocycles. The Morgan fingerprint density at radius 1 is 1.19 bits per heavy atom. The fraction of sp³-hybridized carbons (Fsp3) is 0.533. The van der Waals surface area contributed by atoms with Gasteiger partial charge < -0.3 is 4.90 Å². The highest BCUT2D eigenvalue weighted by atomic mass is 19.4. The van der Waals surface area contributed by atoms with Crippen molar-refractivity contribution in [1.82, 2.24) is 4.90 Å². The number of piperazine rings is 1. The molecule has 21 heavy (non-hydrogen) atoms. The monoisotopic (exact) mass is 297 g/mol. The van der Waals surface area contributed by atoms with Gasteiger partial charge in [0.05, 0.1) is 16.8 Å². The minimum absolute atomic E-state index is 0.269. The van der Waals surface area contributed by atoms with Crippen LogP contribution in [-0.4, -0.2) is 37.6 Å². The van der Waals surface area contributed by atoms with Gasteiger partial charge in [0.15, 0.2) is 0 Å². The lowest BCUT2D eigenvalue weighted by atomic mass is 10.0. The summed E-state index contributed by atoms with van der Waals surface area (Å²) in [5, 5.41) is 9.14. The first-order chi connectivity index (χ1) is 9.97. The van der Waals surface area contributed by atoms with Crippen molar-refractivity contribution in [3.8, 4) is 6.07 Å². The van der Waals surface area contributed by atoms with Gasteiger partial charge >= 0.3 is 6.18 Å². The Morgan fingerprint density at radius 3 is 2.38 bits per heavy atom. The molecule has 0 radical (unpaired) electrons. The molecule has 1 saturated heterocycles. The topological polar surface area (TPSA) is 30.3 Å². The zero-order valence-corrected chi connectivity index (χ0v) is 12.0. The van der Waals surface area contributed by atoms with Crippen LogP contribution in [0.15, 0.2) is 18.2 Å². The van der Waals surface area contributed by atoms with Crippen LogP contribution < -0.4 is 4.90 Å². The van der Waals surface area contributed by atoms with Gasteiger partial charge in [0.25, 0.3) is 0 Å². The van der Waals surface area contributed by atoms with Gasteiger partial charge in [0, 0.05) is 26.2 Å². The summed E-state index contributed by atoms with van der Waals surface area (Å²) in [6.07, 6.45) is -3.43. The van der Waals surface area contributed by atoms with Crippen molar-refractivity contribution >= 4 is 5.69 Å². The molecule has 2 rings (SSSR count). The van der Waals surface area contributed by atoms with Gasteiger partial charge in [-0.1, -0.05) is 13.0 Å². The van der Waals surface area contributed by atoms with Crippen LogP contribution in [0.3, 0.4) is 0 Å². The van der Waals surface area contributed by atoms with E-state index in [0.717, 1.165) is 32.1 Å². The number of nitriles is 1. The van der Waals surface area contributed by atoms with E-state index < -0.39 is 11.7 Å². The molecule has 0 spiro atoms. The molecule has 1 aliphatic heterocycles. The van der Waals surface area contributed by atoms with Crippen LogP contribution in [-0.2, 0) is 6.18 Å². The summed E-state index contributed by atoms with van der Waals surface area (Å²) >= 11 is 0. The van der Waals surface area contributed by atoms with Gasteiger partial charge in [0.1, 0.15) is 6.07 Å². The maximum absolute atomic E-state index is 13.0. The van der Waals surface area contributed by atoms with Gasteiger partial charge in [-0.15, -0.1) is 0 Å². The van der Waals surface area contributed by atoms with E-state index in [0.29, 0.717) is 18.8 Å². The zero-order chi connectivity index (χ0) is 15.5. The van der Waals surface area contributed by atoms with Crippen LogP contribution in [0.2, 0.25) is 0 Å². The molecule has 1 heterocycles. The Bertz CT molecular complexity index is 526. The maximum atomic E-state index is 13.0. The van der Waals surface area contributed by atoms with Gasteiger partial charge in [-0.05, 0) is 25.1 Å². The number of benzene rings is 1. The molecule has 114 valence electrons. The number of nitrogens with zero attached hydrogens (tertiary/aromatic N) is 3. The lowest BCUT2D eigenvalue weighted by Gasteiger charge is -2.36. The van der Waals surface area contributed by atoms with Crippen molar-refractivity contribution in [2.45, 2.75) is 19.5 Å². The third kappa shape index (κ3) is 3.48. The Hall–Kier alpha value is -1.74. The second kappa shape index (κ2) is 6.35. The highest BCUT2D eigenvalue weighted by molar-refractivity contribution is 5.63. The van der Waals surface area contributed by atoms with Crippen molar-refractivity contribution in [2.24, 2.45) is 0 Å². The normalized spacial score (nSPS) is 16.8. The molecule has 0 N–H and O–H groups in total.